The lowest BCUT2D eigenvalue weighted by Crippen LogP contribution is -2.34. The third kappa shape index (κ3) is 2.93. The van der Waals surface area contributed by atoms with E-state index in [-0.39, 0.29) is 11.9 Å². The van der Waals surface area contributed by atoms with E-state index < -0.39 is 0 Å². The third-order valence-corrected chi connectivity index (χ3v) is 3.46. The van der Waals surface area contributed by atoms with Crippen LogP contribution in [0.15, 0.2) is 36.7 Å². The molecule has 0 radical (unpaired) electrons. The number of aromatic nitrogens is 5. The van der Waals surface area contributed by atoms with Crippen molar-refractivity contribution in [1.82, 2.24) is 30.3 Å². The molecule has 0 bridgehead atoms. The molecule has 0 saturated carbocycles. The molecule has 0 saturated heterocycles. The summed E-state index contributed by atoms with van der Waals surface area (Å²) in [5, 5.41) is 14.1. The van der Waals surface area contributed by atoms with Crippen LogP contribution >= 0.6 is 0 Å². The average molecular weight is 296 g/mol. The van der Waals surface area contributed by atoms with Crippen LogP contribution in [-0.2, 0) is 6.42 Å². The highest BCUT2D eigenvalue weighted by Gasteiger charge is 2.13. The molecule has 1 atom stereocenters. The molecule has 0 aliphatic rings. The SMILES string of the molecule is Cc1cccnc1C[C@@H](C)NC(=O)c1ccn2nnnc2c1. The number of carbonyl (C=O) groups is 1. The lowest BCUT2D eigenvalue weighted by atomic mass is 10.1. The fourth-order valence-corrected chi connectivity index (χ4v) is 2.26. The number of fused-ring (bicyclic) bond motifs is 1. The molecule has 3 aromatic heterocycles. The maximum atomic E-state index is 12.3. The highest BCUT2D eigenvalue weighted by Crippen LogP contribution is 2.08. The van der Waals surface area contributed by atoms with Crippen molar-refractivity contribution in [3.8, 4) is 0 Å². The molecule has 3 aromatic rings. The molecular formula is C15H16N6O. The second kappa shape index (κ2) is 5.88. The number of pyridine rings is 2. The number of aryl methyl sites for hydroxylation is 1. The fraction of sp³-hybridized carbons (Fsp3) is 0.267. The average Bonchev–Trinajstić information content (AvgIpc) is 2.97. The number of carbonyl (C=O) groups excluding carboxylic acids is 1. The van der Waals surface area contributed by atoms with Crippen molar-refractivity contribution in [3.05, 3.63) is 53.5 Å². The largest absolute Gasteiger partial charge is 0.349 e. The van der Waals surface area contributed by atoms with Gasteiger partial charge in [0, 0.05) is 36.1 Å². The van der Waals surface area contributed by atoms with Crippen molar-refractivity contribution in [2.75, 3.05) is 0 Å². The molecule has 1 N–H and O–H groups in total. The number of nitrogens with zero attached hydrogens (tertiary/aromatic N) is 5. The van der Waals surface area contributed by atoms with Crippen LogP contribution in [0.3, 0.4) is 0 Å². The monoisotopic (exact) mass is 296 g/mol. The molecule has 0 aliphatic carbocycles. The molecule has 0 fully saturated rings. The maximum absolute atomic E-state index is 12.3. The van der Waals surface area contributed by atoms with E-state index in [1.807, 2.05) is 26.0 Å². The van der Waals surface area contributed by atoms with Crippen LogP contribution in [0.1, 0.15) is 28.5 Å². The standard InChI is InChI=1S/C15H16N6O/c1-10-4-3-6-16-13(10)8-11(2)17-15(22)12-5-7-21-14(9-12)18-19-20-21/h3-7,9,11H,8H2,1-2H3,(H,17,22)/t11-/m1/s1. The summed E-state index contributed by atoms with van der Waals surface area (Å²) in [4.78, 5) is 16.6. The molecule has 0 spiro atoms. The Bertz CT molecular complexity index is 812. The first kappa shape index (κ1) is 14.1. The van der Waals surface area contributed by atoms with E-state index >= 15 is 0 Å². The van der Waals surface area contributed by atoms with Gasteiger partial charge in [-0.15, -0.1) is 5.10 Å². The lowest BCUT2D eigenvalue weighted by molar-refractivity contribution is 0.0940. The van der Waals surface area contributed by atoms with Crippen LogP contribution in [0.4, 0.5) is 0 Å². The Morgan fingerprint density at radius 3 is 3.09 bits per heavy atom. The van der Waals surface area contributed by atoms with E-state index in [9.17, 15) is 4.79 Å². The summed E-state index contributed by atoms with van der Waals surface area (Å²) >= 11 is 0. The van der Waals surface area contributed by atoms with Crippen LogP contribution < -0.4 is 5.32 Å². The minimum absolute atomic E-state index is 0.0201. The van der Waals surface area contributed by atoms with Gasteiger partial charge in [-0.2, -0.15) is 0 Å². The Kier molecular flexibility index (Phi) is 3.78. The third-order valence-electron chi connectivity index (χ3n) is 3.46. The first-order chi connectivity index (χ1) is 10.6. The summed E-state index contributed by atoms with van der Waals surface area (Å²) in [5.41, 5.74) is 3.19. The molecule has 0 aliphatic heterocycles. The van der Waals surface area contributed by atoms with E-state index in [0.29, 0.717) is 17.6 Å². The van der Waals surface area contributed by atoms with Gasteiger partial charge in [-0.3, -0.25) is 9.78 Å². The van der Waals surface area contributed by atoms with Gasteiger partial charge in [0.15, 0.2) is 5.65 Å². The van der Waals surface area contributed by atoms with Gasteiger partial charge in [0.25, 0.3) is 5.91 Å². The predicted molar refractivity (Wildman–Crippen MR) is 80.4 cm³/mol. The minimum atomic E-state index is -0.147. The first-order valence-electron chi connectivity index (χ1n) is 7.02. The van der Waals surface area contributed by atoms with E-state index in [1.165, 1.54) is 4.52 Å². The van der Waals surface area contributed by atoms with Gasteiger partial charge in [0.1, 0.15) is 0 Å². The van der Waals surface area contributed by atoms with Gasteiger partial charge in [-0.25, -0.2) is 4.52 Å². The van der Waals surface area contributed by atoms with Crippen LogP contribution in [0.2, 0.25) is 0 Å². The summed E-state index contributed by atoms with van der Waals surface area (Å²) in [6.45, 7) is 3.98. The van der Waals surface area contributed by atoms with Crippen molar-refractivity contribution in [1.29, 1.82) is 0 Å². The summed E-state index contributed by atoms with van der Waals surface area (Å²) in [5.74, 6) is -0.147. The minimum Gasteiger partial charge on any atom is -0.349 e. The lowest BCUT2D eigenvalue weighted by Gasteiger charge is -2.14. The highest BCUT2D eigenvalue weighted by atomic mass is 16.1. The molecule has 1 amide bonds. The van der Waals surface area contributed by atoms with Crippen LogP contribution in [0, 0.1) is 6.92 Å². The van der Waals surface area contributed by atoms with Crippen molar-refractivity contribution >= 4 is 11.6 Å². The smallest absolute Gasteiger partial charge is 0.251 e. The number of hydrogen-bond donors (Lipinski definition) is 1. The topological polar surface area (TPSA) is 85.1 Å². The molecule has 0 unspecified atom stereocenters. The zero-order chi connectivity index (χ0) is 15.5. The maximum Gasteiger partial charge on any atom is 0.251 e. The van der Waals surface area contributed by atoms with Crippen LogP contribution in [0.25, 0.3) is 5.65 Å². The second-order valence-electron chi connectivity index (χ2n) is 5.24. The Morgan fingerprint density at radius 1 is 1.41 bits per heavy atom. The molecule has 0 aromatic carbocycles. The molecule has 22 heavy (non-hydrogen) atoms. The van der Waals surface area contributed by atoms with Crippen LogP contribution in [-0.4, -0.2) is 37.0 Å². The fourth-order valence-electron chi connectivity index (χ4n) is 2.26. The predicted octanol–water partition coefficient (Wildman–Crippen LogP) is 1.19. The van der Waals surface area contributed by atoms with E-state index in [0.717, 1.165) is 11.3 Å². The van der Waals surface area contributed by atoms with Crippen molar-refractivity contribution in [3.63, 3.8) is 0 Å². The number of rotatable bonds is 4. The summed E-state index contributed by atoms with van der Waals surface area (Å²) in [7, 11) is 0. The van der Waals surface area contributed by atoms with Crippen molar-refractivity contribution in [2.24, 2.45) is 0 Å². The van der Waals surface area contributed by atoms with Gasteiger partial charge in [0.05, 0.1) is 0 Å². The number of tetrazole rings is 1. The zero-order valence-electron chi connectivity index (χ0n) is 12.4. The summed E-state index contributed by atoms with van der Waals surface area (Å²) < 4.78 is 1.51. The Morgan fingerprint density at radius 2 is 2.27 bits per heavy atom. The molecule has 112 valence electrons. The molecule has 7 heteroatoms. The van der Waals surface area contributed by atoms with Gasteiger partial charge in [0.2, 0.25) is 0 Å². The zero-order valence-corrected chi connectivity index (χ0v) is 12.4. The van der Waals surface area contributed by atoms with Crippen molar-refractivity contribution < 1.29 is 4.79 Å². The van der Waals surface area contributed by atoms with Gasteiger partial charge in [-0.05, 0) is 48.0 Å². The number of amides is 1. The second-order valence-corrected chi connectivity index (χ2v) is 5.24. The molecular weight excluding hydrogens is 280 g/mol. The van der Waals surface area contributed by atoms with E-state index in [1.54, 1.807) is 24.5 Å². The Labute approximate surface area is 127 Å². The number of hydrogen-bond acceptors (Lipinski definition) is 5. The molecule has 3 rings (SSSR count). The highest BCUT2D eigenvalue weighted by molar-refractivity contribution is 5.95. The molecule has 7 nitrogen and oxygen atoms in total. The van der Waals surface area contributed by atoms with E-state index in [4.69, 9.17) is 0 Å². The summed E-state index contributed by atoms with van der Waals surface area (Å²) in [6.07, 6.45) is 4.12. The Hall–Kier alpha value is -2.83. The van der Waals surface area contributed by atoms with Gasteiger partial charge >= 0.3 is 0 Å². The quantitative estimate of drug-likeness (QED) is 0.781. The van der Waals surface area contributed by atoms with Gasteiger partial charge in [-0.1, -0.05) is 6.07 Å². The van der Waals surface area contributed by atoms with Gasteiger partial charge < -0.3 is 5.32 Å². The normalized spacial score (nSPS) is 12.3. The molecule has 3 heterocycles. The Balaban J connectivity index is 1.69. The van der Waals surface area contributed by atoms with Crippen molar-refractivity contribution in [2.45, 2.75) is 26.3 Å². The van der Waals surface area contributed by atoms with Crippen LogP contribution in [0.5, 0.6) is 0 Å². The number of nitrogens with one attached hydrogen (secondary N) is 1. The van der Waals surface area contributed by atoms with E-state index in [2.05, 4.69) is 25.8 Å². The first-order valence-corrected chi connectivity index (χ1v) is 7.02. The summed E-state index contributed by atoms with van der Waals surface area (Å²) in [6, 6.07) is 7.26.